The molecule has 0 spiro atoms. The molecule has 0 bridgehead atoms. The molecule has 0 fully saturated rings. The van der Waals surface area contributed by atoms with Crippen LogP contribution in [-0.2, 0) is 11.3 Å². The lowest BCUT2D eigenvalue weighted by Crippen LogP contribution is -2.35. The Morgan fingerprint density at radius 2 is 1.80 bits per heavy atom. The maximum Gasteiger partial charge on any atom is 0.229 e. The number of rotatable bonds is 8. The van der Waals surface area contributed by atoms with Crippen LogP contribution in [0.15, 0.2) is 83.4 Å². The van der Waals surface area contributed by atoms with E-state index >= 15 is 0 Å². The summed E-state index contributed by atoms with van der Waals surface area (Å²) >= 11 is 3.46. The van der Waals surface area contributed by atoms with E-state index in [1.807, 2.05) is 50.3 Å². The largest absolute Gasteiger partial charge is 0.351 e. The van der Waals surface area contributed by atoms with Crippen LogP contribution in [0.2, 0.25) is 0 Å². The summed E-state index contributed by atoms with van der Waals surface area (Å²) < 4.78 is 1.01. The highest BCUT2D eigenvalue weighted by Gasteiger charge is 2.23. The van der Waals surface area contributed by atoms with Crippen LogP contribution >= 0.6 is 15.9 Å². The fraction of sp³-hybridized carbons (Fsp3) is 0.269. The molecule has 3 nitrogen and oxygen atoms in total. The van der Waals surface area contributed by atoms with Crippen LogP contribution in [0.1, 0.15) is 37.9 Å². The molecule has 1 amide bonds. The van der Waals surface area contributed by atoms with Gasteiger partial charge in [-0.3, -0.25) is 4.79 Å². The van der Waals surface area contributed by atoms with Crippen molar-refractivity contribution < 1.29 is 4.79 Å². The third-order valence-electron chi connectivity index (χ3n) is 5.29. The Bertz CT molecular complexity index is 1040. The maximum atomic E-state index is 12.6. The predicted octanol–water partition coefficient (Wildman–Crippen LogP) is 6.15. The summed E-state index contributed by atoms with van der Waals surface area (Å²) in [6, 6.07) is 23.0. The summed E-state index contributed by atoms with van der Waals surface area (Å²) in [7, 11) is 0. The molecule has 0 radical (unpaired) electrons. The van der Waals surface area contributed by atoms with Crippen LogP contribution in [0.5, 0.6) is 0 Å². The molecule has 0 unspecified atom stereocenters. The molecule has 0 heterocycles. The second-order valence-electron chi connectivity index (χ2n) is 8.13. The van der Waals surface area contributed by atoms with Gasteiger partial charge in [0, 0.05) is 23.6 Å². The van der Waals surface area contributed by atoms with Gasteiger partial charge < -0.3 is 10.6 Å². The Hall–Kier alpha value is -2.43. The molecule has 0 saturated heterocycles. The molecule has 0 aliphatic rings. The molecule has 0 aromatic heterocycles. The number of carbonyl (C=O) groups is 1. The molecule has 0 aliphatic heterocycles. The van der Waals surface area contributed by atoms with Crippen LogP contribution in [0.25, 0.3) is 10.8 Å². The van der Waals surface area contributed by atoms with E-state index in [0.717, 1.165) is 10.0 Å². The average Bonchev–Trinajstić information content (AvgIpc) is 2.74. The molecule has 2 N–H and O–H groups in total. The first kappa shape index (κ1) is 22.3. The highest BCUT2D eigenvalue weighted by molar-refractivity contribution is 9.10. The molecule has 30 heavy (non-hydrogen) atoms. The van der Waals surface area contributed by atoms with E-state index in [2.05, 4.69) is 76.0 Å². The minimum absolute atomic E-state index is 0.0147. The number of fused-ring (bicyclic) bond motifs is 1. The Labute approximate surface area is 187 Å². The Morgan fingerprint density at radius 3 is 2.60 bits per heavy atom. The molecular weight excluding hydrogens is 436 g/mol. The molecule has 1 atom stereocenters. The minimum atomic E-state index is -0.573. The Morgan fingerprint density at radius 1 is 1.07 bits per heavy atom. The van der Waals surface area contributed by atoms with Crippen molar-refractivity contribution in [3.8, 4) is 0 Å². The van der Waals surface area contributed by atoms with Gasteiger partial charge in [0.1, 0.15) is 0 Å². The second-order valence-corrected chi connectivity index (χ2v) is 9.05. The van der Waals surface area contributed by atoms with Gasteiger partial charge in [0.25, 0.3) is 0 Å². The van der Waals surface area contributed by atoms with Crippen molar-refractivity contribution in [2.24, 2.45) is 5.41 Å². The van der Waals surface area contributed by atoms with Gasteiger partial charge in [0.05, 0.1) is 5.41 Å². The molecule has 0 aliphatic carbocycles. The van der Waals surface area contributed by atoms with Gasteiger partial charge in [-0.25, -0.2) is 0 Å². The van der Waals surface area contributed by atoms with E-state index in [-0.39, 0.29) is 11.9 Å². The van der Waals surface area contributed by atoms with E-state index in [9.17, 15) is 4.79 Å². The SMILES string of the molecule is C[C@@H](NC/C=C/C(C)(C)C(=O)NCc1cccc(Br)c1)c1cccc2ccccc12. The number of hydrogen-bond acceptors (Lipinski definition) is 2. The molecule has 156 valence electrons. The maximum absolute atomic E-state index is 12.6. The first-order chi connectivity index (χ1) is 14.4. The highest BCUT2D eigenvalue weighted by atomic mass is 79.9. The van der Waals surface area contributed by atoms with Crippen LogP contribution in [-0.4, -0.2) is 12.5 Å². The molecule has 3 aromatic rings. The number of nitrogens with one attached hydrogen (secondary N) is 2. The van der Waals surface area contributed by atoms with E-state index in [1.165, 1.54) is 16.3 Å². The quantitative estimate of drug-likeness (QED) is 0.392. The van der Waals surface area contributed by atoms with Gasteiger partial charge >= 0.3 is 0 Å². The standard InChI is InChI=1S/C26H29BrN2O/c1-19(23-14-7-11-21-10-4-5-13-24(21)23)28-16-8-15-26(2,3)25(30)29-18-20-9-6-12-22(27)17-20/h4-15,17,19,28H,16,18H2,1-3H3,(H,29,30)/b15-8+/t19-/m1/s1. The average molecular weight is 465 g/mol. The summed E-state index contributed by atoms with van der Waals surface area (Å²) in [6.07, 6.45) is 4.02. The summed E-state index contributed by atoms with van der Waals surface area (Å²) in [6.45, 7) is 7.27. The van der Waals surface area contributed by atoms with Gasteiger partial charge in [-0.05, 0) is 54.8 Å². The van der Waals surface area contributed by atoms with E-state index in [4.69, 9.17) is 0 Å². The summed E-state index contributed by atoms with van der Waals surface area (Å²) in [5, 5.41) is 9.10. The normalized spacial score (nSPS) is 12.9. The van der Waals surface area contributed by atoms with Crippen molar-refractivity contribution in [1.29, 1.82) is 0 Å². The van der Waals surface area contributed by atoms with E-state index < -0.39 is 5.41 Å². The van der Waals surface area contributed by atoms with Gasteiger partial charge in [0.15, 0.2) is 0 Å². The fourth-order valence-corrected chi connectivity index (χ4v) is 3.92. The number of carbonyl (C=O) groups excluding carboxylic acids is 1. The van der Waals surface area contributed by atoms with Gasteiger partial charge in [0.2, 0.25) is 5.91 Å². The summed E-state index contributed by atoms with van der Waals surface area (Å²) in [4.78, 5) is 12.6. The number of benzene rings is 3. The topological polar surface area (TPSA) is 41.1 Å². The summed E-state index contributed by atoms with van der Waals surface area (Å²) in [5.41, 5.74) is 1.78. The van der Waals surface area contributed by atoms with Crippen LogP contribution in [0, 0.1) is 5.41 Å². The van der Waals surface area contributed by atoms with E-state index in [1.54, 1.807) is 0 Å². The predicted molar refractivity (Wildman–Crippen MR) is 129 cm³/mol. The van der Waals surface area contributed by atoms with Gasteiger partial charge in [-0.1, -0.05) is 82.7 Å². The van der Waals surface area contributed by atoms with Crippen molar-refractivity contribution >= 4 is 32.6 Å². The molecule has 3 aromatic carbocycles. The lowest BCUT2D eigenvalue weighted by atomic mass is 9.91. The van der Waals surface area contributed by atoms with Crippen LogP contribution < -0.4 is 10.6 Å². The van der Waals surface area contributed by atoms with Crippen molar-refractivity contribution in [1.82, 2.24) is 10.6 Å². The van der Waals surface area contributed by atoms with Crippen molar-refractivity contribution in [3.05, 3.63) is 94.5 Å². The number of hydrogen-bond donors (Lipinski definition) is 2. The van der Waals surface area contributed by atoms with Crippen molar-refractivity contribution in [3.63, 3.8) is 0 Å². The lowest BCUT2D eigenvalue weighted by Gasteiger charge is -2.20. The number of amides is 1. The first-order valence-corrected chi connectivity index (χ1v) is 11.1. The minimum Gasteiger partial charge on any atom is -0.351 e. The molecule has 0 saturated carbocycles. The zero-order valence-electron chi connectivity index (χ0n) is 17.8. The second kappa shape index (κ2) is 10.1. The van der Waals surface area contributed by atoms with Crippen molar-refractivity contribution in [2.45, 2.75) is 33.4 Å². The zero-order chi connectivity index (χ0) is 21.6. The van der Waals surface area contributed by atoms with Gasteiger partial charge in [-0.2, -0.15) is 0 Å². The van der Waals surface area contributed by atoms with Crippen molar-refractivity contribution in [2.75, 3.05) is 6.54 Å². The lowest BCUT2D eigenvalue weighted by molar-refractivity contribution is -0.127. The molecule has 4 heteroatoms. The van der Waals surface area contributed by atoms with Gasteiger partial charge in [-0.15, -0.1) is 0 Å². The smallest absolute Gasteiger partial charge is 0.229 e. The van der Waals surface area contributed by atoms with Crippen LogP contribution in [0.4, 0.5) is 0 Å². The molecule has 3 rings (SSSR count). The van der Waals surface area contributed by atoms with Crippen LogP contribution in [0.3, 0.4) is 0 Å². The Kier molecular flexibility index (Phi) is 7.46. The third-order valence-corrected chi connectivity index (χ3v) is 5.79. The third kappa shape index (κ3) is 5.80. The summed E-state index contributed by atoms with van der Waals surface area (Å²) in [5.74, 6) is 0.0147. The first-order valence-electron chi connectivity index (χ1n) is 10.3. The zero-order valence-corrected chi connectivity index (χ0v) is 19.4. The fourth-order valence-electron chi connectivity index (χ4n) is 3.47. The highest BCUT2D eigenvalue weighted by Crippen LogP contribution is 2.24. The number of halogens is 1. The molecular formula is C26H29BrN2O. The monoisotopic (exact) mass is 464 g/mol. The van der Waals surface area contributed by atoms with E-state index in [0.29, 0.717) is 13.1 Å². The Balaban J connectivity index is 1.53.